The number of carboxylic acid groups (broad SMARTS) is 1. The van der Waals surface area contributed by atoms with E-state index in [9.17, 15) is 14.7 Å². The van der Waals surface area contributed by atoms with Crippen LogP contribution >= 0.6 is 0 Å². The molecule has 1 atom stereocenters. The summed E-state index contributed by atoms with van der Waals surface area (Å²) < 4.78 is 22.5. The third-order valence-electron chi connectivity index (χ3n) is 5.26. The fraction of sp³-hybridized carbons (Fsp3) is 0.474. The molecule has 2 fully saturated rings. The van der Waals surface area contributed by atoms with Gasteiger partial charge in [0.1, 0.15) is 11.3 Å². The van der Waals surface area contributed by atoms with E-state index in [4.69, 9.17) is 4.74 Å². The maximum Gasteiger partial charge on any atom is 0.341 e. The molecule has 0 radical (unpaired) electrons. The number of nitrogens with zero attached hydrogens (tertiary/aromatic N) is 2. The van der Waals surface area contributed by atoms with Crippen LogP contribution in [0.25, 0.3) is 10.9 Å². The molecule has 1 aliphatic heterocycles. The van der Waals surface area contributed by atoms with Gasteiger partial charge in [0.25, 0.3) is 0 Å². The van der Waals surface area contributed by atoms with Crippen LogP contribution in [0.2, 0.25) is 0 Å². The first kappa shape index (κ1) is 22.6. The minimum atomic E-state index is -1.31. The van der Waals surface area contributed by atoms with Gasteiger partial charge in [-0.15, -0.1) is 0 Å². The van der Waals surface area contributed by atoms with Crippen LogP contribution in [0, 0.1) is 5.82 Å². The first-order valence-electron chi connectivity index (χ1n) is 9.09. The van der Waals surface area contributed by atoms with Gasteiger partial charge < -0.3 is 35.6 Å². The number of aromatic nitrogens is 1. The van der Waals surface area contributed by atoms with Gasteiger partial charge >= 0.3 is 5.97 Å². The predicted octanol–water partition coefficient (Wildman–Crippen LogP) is 0.331. The molecule has 1 aromatic heterocycles. The summed E-state index contributed by atoms with van der Waals surface area (Å²) in [5, 5.41) is 12.7. The van der Waals surface area contributed by atoms with Gasteiger partial charge in [0.05, 0.1) is 18.0 Å². The van der Waals surface area contributed by atoms with E-state index in [1.807, 2.05) is 11.8 Å². The average molecular weight is 411 g/mol. The highest BCUT2D eigenvalue weighted by atomic mass is 19.1. The second kappa shape index (κ2) is 8.36. The number of piperazine rings is 1. The Morgan fingerprint density at radius 2 is 2.03 bits per heavy atom. The van der Waals surface area contributed by atoms with Gasteiger partial charge in [-0.05, 0) is 25.8 Å². The van der Waals surface area contributed by atoms with Gasteiger partial charge in [-0.25, -0.2) is 9.18 Å². The normalized spacial score (nSPS) is 18.7. The van der Waals surface area contributed by atoms with E-state index in [-0.39, 0.29) is 34.0 Å². The lowest BCUT2D eigenvalue weighted by Crippen LogP contribution is -2.49. The maximum atomic E-state index is 15.1. The number of hydrogen-bond donors (Lipinski definition) is 2. The molecule has 29 heavy (non-hydrogen) atoms. The number of carboxylic acids is 1. The third-order valence-corrected chi connectivity index (χ3v) is 5.26. The highest BCUT2D eigenvalue weighted by Crippen LogP contribution is 2.43. The molecule has 0 amide bonds. The number of carbonyl (C=O) groups is 1. The van der Waals surface area contributed by atoms with Gasteiger partial charge in [0.15, 0.2) is 11.6 Å². The number of hydrogen-bond acceptors (Lipinski definition) is 5. The van der Waals surface area contributed by atoms with E-state index < -0.39 is 17.2 Å². The van der Waals surface area contributed by atoms with Crippen LogP contribution in [0.5, 0.6) is 5.75 Å². The molecule has 6 N–H and O–H groups in total. The van der Waals surface area contributed by atoms with Crippen molar-refractivity contribution in [3.8, 4) is 5.75 Å². The summed E-state index contributed by atoms with van der Waals surface area (Å²) >= 11 is 0. The Bertz CT molecular complexity index is 988. The Hall–Kier alpha value is -2.69. The Morgan fingerprint density at radius 3 is 2.59 bits per heavy atom. The third kappa shape index (κ3) is 3.78. The highest BCUT2D eigenvalue weighted by Gasteiger charge is 2.32. The minimum absolute atomic E-state index is 0. The molecule has 160 valence electrons. The standard InChI is InChI=1S/C19H22FN3O4.2H2O/c1-10-8-22(6-5-21-10)16-14(20)7-12-15(18(16)27-2)23(11-3-4-11)9-13(17(12)24)19(25)26;;/h7,9-11,21H,3-6,8H2,1-2H3,(H,25,26);2*1H2. The Labute approximate surface area is 166 Å². The predicted molar refractivity (Wildman–Crippen MR) is 107 cm³/mol. The Balaban J connectivity index is 0.00000150. The number of rotatable bonds is 4. The lowest BCUT2D eigenvalue weighted by molar-refractivity contribution is 0.0694. The molecule has 0 spiro atoms. The molecular weight excluding hydrogens is 385 g/mol. The fourth-order valence-electron chi connectivity index (χ4n) is 3.86. The topological polar surface area (TPSA) is 147 Å². The van der Waals surface area contributed by atoms with Crippen LogP contribution in [0.15, 0.2) is 17.1 Å². The van der Waals surface area contributed by atoms with E-state index >= 15 is 4.39 Å². The summed E-state index contributed by atoms with van der Waals surface area (Å²) in [5.74, 6) is -1.59. The number of fused-ring (bicyclic) bond motifs is 1. The summed E-state index contributed by atoms with van der Waals surface area (Å²) in [6.45, 7) is 3.97. The highest BCUT2D eigenvalue weighted by molar-refractivity contribution is 5.97. The van der Waals surface area contributed by atoms with E-state index in [1.165, 1.54) is 13.3 Å². The Kier molecular flexibility index (Phi) is 6.51. The van der Waals surface area contributed by atoms with Gasteiger partial charge in [-0.3, -0.25) is 4.79 Å². The van der Waals surface area contributed by atoms with Crippen LogP contribution in [-0.2, 0) is 0 Å². The zero-order chi connectivity index (χ0) is 19.3. The Morgan fingerprint density at radius 1 is 1.34 bits per heavy atom. The van der Waals surface area contributed by atoms with Crippen molar-refractivity contribution in [1.82, 2.24) is 9.88 Å². The van der Waals surface area contributed by atoms with Gasteiger partial charge in [0.2, 0.25) is 5.43 Å². The van der Waals surface area contributed by atoms with Crippen LogP contribution < -0.4 is 20.4 Å². The second-order valence-electron chi connectivity index (χ2n) is 7.25. The fourth-order valence-corrected chi connectivity index (χ4v) is 3.86. The molecule has 2 heterocycles. The lowest BCUT2D eigenvalue weighted by Gasteiger charge is -2.35. The van der Waals surface area contributed by atoms with E-state index in [1.54, 1.807) is 4.57 Å². The second-order valence-corrected chi connectivity index (χ2v) is 7.25. The number of ether oxygens (including phenoxy) is 1. The van der Waals surface area contributed by atoms with Crippen molar-refractivity contribution in [1.29, 1.82) is 0 Å². The number of methoxy groups -OCH3 is 1. The number of anilines is 1. The van der Waals surface area contributed by atoms with Crippen molar-refractivity contribution >= 4 is 22.6 Å². The summed E-state index contributed by atoms with van der Waals surface area (Å²) in [5.41, 5.74) is -0.237. The largest absolute Gasteiger partial charge is 0.492 e. The molecule has 0 bridgehead atoms. The average Bonchev–Trinajstić information content (AvgIpc) is 3.46. The maximum absolute atomic E-state index is 15.1. The lowest BCUT2D eigenvalue weighted by atomic mass is 10.1. The molecule has 1 saturated heterocycles. The first-order chi connectivity index (χ1) is 12.9. The summed E-state index contributed by atoms with van der Waals surface area (Å²) in [7, 11) is 1.45. The summed E-state index contributed by atoms with van der Waals surface area (Å²) in [6, 6.07) is 1.45. The molecule has 1 aromatic carbocycles. The molecule has 1 saturated carbocycles. The summed E-state index contributed by atoms with van der Waals surface area (Å²) in [6.07, 6.45) is 3.14. The monoisotopic (exact) mass is 411 g/mol. The molecule has 10 heteroatoms. The zero-order valence-corrected chi connectivity index (χ0v) is 16.3. The van der Waals surface area contributed by atoms with Crippen molar-refractivity contribution < 1.29 is 30.0 Å². The van der Waals surface area contributed by atoms with Gasteiger partial charge in [-0.2, -0.15) is 0 Å². The van der Waals surface area contributed by atoms with Gasteiger partial charge in [-0.1, -0.05) is 0 Å². The SMILES string of the molecule is COc1c(N2CCNC(C)C2)c(F)cc2c(=O)c(C(=O)O)cn(C3CC3)c12.O.O. The molecule has 4 rings (SSSR count). The van der Waals surface area contributed by atoms with E-state index in [0.29, 0.717) is 30.0 Å². The molecule has 2 aliphatic rings. The van der Waals surface area contributed by atoms with Crippen LogP contribution in [0.1, 0.15) is 36.2 Å². The number of nitrogens with one attached hydrogen (secondary N) is 1. The van der Waals surface area contributed by atoms with Crippen LogP contribution in [-0.4, -0.2) is 59.4 Å². The van der Waals surface area contributed by atoms with Crippen molar-refractivity contribution in [2.75, 3.05) is 31.6 Å². The smallest absolute Gasteiger partial charge is 0.341 e. The van der Waals surface area contributed by atoms with E-state index in [0.717, 1.165) is 25.5 Å². The molecule has 1 unspecified atom stereocenters. The quantitative estimate of drug-likeness (QED) is 0.741. The van der Waals surface area contributed by atoms with E-state index in [2.05, 4.69) is 5.32 Å². The number of aromatic carboxylic acids is 1. The summed E-state index contributed by atoms with van der Waals surface area (Å²) in [4.78, 5) is 26.1. The van der Waals surface area contributed by atoms with Gasteiger partial charge in [0, 0.05) is 37.9 Å². The number of benzene rings is 1. The zero-order valence-electron chi connectivity index (χ0n) is 16.3. The first-order valence-corrected chi connectivity index (χ1v) is 9.09. The van der Waals surface area contributed by atoms with Crippen molar-refractivity contribution in [2.45, 2.75) is 31.8 Å². The van der Waals surface area contributed by atoms with Crippen molar-refractivity contribution in [3.05, 3.63) is 33.9 Å². The number of pyridine rings is 1. The molecular formula is C19H26FN3O6. The van der Waals surface area contributed by atoms with Crippen molar-refractivity contribution in [2.24, 2.45) is 0 Å². The minimum Gasteiger partial charge on any atom is -0.492 e. The van der Waals surface area contributed by atoms with Crippen LogP contribution in [0.4, 0.5) is 10.1 Å². The van der Waals surface area contributed by atoms with Crippen molar-refractivity contribution in [3.63, 3.8) is 0 Å². The number of halogens is 1. The molecule has 9 nitrogen and oxygen atoms in total. The molecule has 1 aliphatic carbocycles. The van der Waals surface area contributed by atoms with Crippen LogP contribution in [0.3, 0.4) is 0 Å². The molecule has 2 aromatic rings.